The second kappa shape index (κ2) is 6.39. The molecular weight excluding hydrogens is 253 g/mol. The molecule has 106 valence electrons. The lowest BCUT2D eigenvalue weighted by Gasteiger charge is -2.20. The van der Waals surface area contributed by atoms with Gasteiger partial charge in [0, 0.05) is 32.0 Å². The fraction of sp³-hybridized carbons (Fsp3) is 0.250. The van der Waals surface area contributed by atoms with Crippen molar-refractivity contribution in [3.05, 3.63) is 59.9 Å². The van der Waals surface area contributed by atoms with E-state index in [4.69, 9.17) is 5.73 Å². The van der Waals surface area contributed by atoms with Gasteiger partial charge < -0.3 is 16.0 Å². The van der Waals surface area contributed by atoms with Crippen LogP contribution in [-0.2, 0) is 0 Å². The van der Waals surface area contributed by atoms with Gasteiger partial charge in [-0.25, -0.2) is 4.39 Å². The van der Waals surface area contributed by atoms with Crippen molar-refractivity contribution in [1.82, 2.24) is 0 Å². The molecule has 0 heterocycles. The quantitative estimate of drug-likeness (QED) is 0.880. The molecule has 0 saturated carbocycles. The van der Waals surface area contributed by atoms with Crippen molar-refractivity contribution in [2.24, 2.45) is 5.73 Å². The van der Waals surface area contributed by atoms with E-state index in [1.165, 1.54) is 12.1 Å². The van der Waals surface area contributed by atoms with Gasteiger partial charge in [0.2, 0.25) is 0 Å². The molecule has 3 nitrogen and oxygen atoms in total. The number of nitrogens with two attached hydrogens (primary N) is 1. The van der Waals surface area contributed by atoms with Crippen LogP contribution in [0.15, 0.2) is 48.5 Å². The third-order valence-corrected chi connectivity index (χ3v) is 3.21. The molecule has 0 saturated heterocycles. The Labute approximate surface area is 119 Å². The lowest BCUT2D eigenvalue weighted by molar-refractivity contribution is 0.627. The second-order valence-corrected chi connectivity index (χ2v) is 4.93. The average molecular weight is 273 g/mol. The van der Waals surface area contributed by atoms with Crippen LogP contribution in [0.5, 0.6) is 0 Å². The van der Waals surface area contributed by atoms with Crippen molar-refractivity contribution >= 4 is 11.4 Å². The number of hydrogen-bond donors (Lipinski definition) is 2. The monoisotopic (exact) mass is 273 g/mol. The molecule has 3 N–H and O–H groups in total. The van der Waals surface area contributed by atoms with Gasteiger partial charge in [0.1, 0.15) is 5.82 Å². The minimum absolute atomic E-state index is 0.0342. The number of rotatable bonds is 5. The smallest absolute Gasteiger partial charge is 0.125 e. The third kappa shape index (κ3) is 3.48. The molecule has 0 spiro atoms. The summed E-state index contributed by atoms with van der Waals surface area (Å²) in [6.45, 7) is 0.442. The predicted octanol–water partition coefficient (Wildman–Crippen LogP) is 3.00. The van der Waals surface area contributed by atoms with E-state index in [1.807, 2.05) is 49.3 Å². The van der Waals surface area contributed by atoms with Crippen molar-refractivity contribution in [1.29, 1.82) is 0 Å². The van der Waals surface area contributed by atoms with Gasteiger partial charge in [-0.2, -0.15) is 0 Å². The number of halogens is 1. The number of anilines is 2. The van der Waals surface area contributed by atoms with Gasteiger partial charge >= 0.3 is 0 Å². The minimum Gasteiger partial charge on any atom is -0.378 e. The molecule has 0 aliphatic carbocycles. The highest BCUT2D eigenvalue weighted by molar-refractivity contribution is 5.49. The fourth-order valence-corrected chi connectivity index (χ4v) is 2.06. The zero-order valence-electron chi connectivity index (χ0n) is 11.8. The Balaban J connectivity index is 2.15. The molecule has 1 atom stereocenters. The summed E-state index contributed by atoms with van der Waals surface area (Å²) >= 11 is 0. The van der Waals surface area contributed by atoms with Crippen molar-refractivity contribution in [2.75, 3.05) is 30.9 Å². The zero-order chi connectivity index (χ0) is 14.5. The Bertz CT molecular complexity index is 552. The molecule has 4 heteroatoms. The van der Waals surface area contributed by atoms with Crippen LogP contribution < -0.4 is 16.0 Å². The lowest BCUT2D eigenvalue weighted by Crippen LogP contribution is -2.20. The first kappa shape index (κ1) is 14.3. The van der Waals surface area contributed by atoms with Crippen LogP contribution in [0.2, 0.25) is 0 Å². The molecule has 0 fully saturated rings. The Kier molecular flexibility index (Phi) is 4.58. The summed E-state index contributed by atoms with van der Waals surface area (Å²) in [5.74, 6) is -0.256. The van der Waals surface area contributed by atoms with Crippen molar-refractivity contribution in [3.8, 4) is 0 Å². The normalized spacial score (nSPS) is 12.0. The van der Waals surface area contributed by atoms with Gasteiger partial charge in [0.15, 0.2) is 0 Å². The van der Waals surface area contributed by atoms with Gasteiger partial charge in [-0.05, 0) is 35.9 Å². The maximum atomic E-state index is 13.2. The van der Waals surface area contributed by atoms with Crippen LogP contribution >= 0.6 is 0 Å². The molecule has 0 amide bonds. The van der Waals surface area contributed by atoms with Crippen LogP contribution in [0.1, 0.15) is 11.6 Å². The second-order valence-electron chi connectivity index (χ2n) is 4.93. The predicted molar refractivity (Wildman–Crippen MR) is 82.6 cm³/mol. The number of benzene rings is 2. The summed E-state index contributed by atoms with van der Waals surface area (Å²) in [5.41, 5.74) is 8.78. The fourth-order valence-electron chi connectivity index (χ4n) is 2.06. The SMILES string of the molecule is CN(C)c1ccc(C(CN)Nc2cccc(F)c2)cc1. The molecule has 0 aliphatic heterocycles. The van der Waals surface area contributed by atoms with Crippen molar-refractivity contribution in [2.45, 2.75) is 6.04 Å². The van der Waals surface area contributed by atoms with E-state index in [0.717, 1.165) is 16.9 Å². The molecule has 1 unspecified atom stereocenters. The third-order valence-electron chi connectivity index (χ3n) is 3.21. The Hall–Kier alpha value is -2.07. The van der Waals surface area contributed by atoms with Gasteiger partial charge in [-0.15, -0.1) is 0 Å². The molecule has 2 rings (SSSR count). The highest BCUT2D eigenvalue weighted by Crippen LogP contribution is 2.21. The molecule has 0 aromatic heterocycles. The first-order chi connectivity index (χ1) is 9.60. The van der Waals surface area contributed by atoms with Crippen LogP contribution in [0.3, 0.4) is 0 Å². The first-order valence-corrected chi connectivity index (χ1v) is 6.59. The van der Waals surface area contributed by atoms with Crippen LogP contribution in [-0.4, -0.2) is 20.6 Å². The summed E-state index contributed by atoms with van der Waals surface area (Å²) in [7, 11) is 4.00. The van der Waals surface area contributed by atoms with Crippen molar-refractivity contribution < 1.29 is 4.39 Å². The summed E-state index contributed by atoms with van der Waals surface area (Å²) in [6, 6.07) is 14.5. The summed E-state index contributed by atoms with van der Waals surface area (Å²) in [5, 5.41) is 3.26. The van der Waals surface area contributed by atoms with Gasteiger partial charge in [-0.3, -0.25) is 0 Å². The van der Waals surface area contributed by atoms with Gasteiger partial charge in [0.25, 0.3) is 0 Å². The van der Waals surface area contributed by atoms with E-state index >= 15 is 0 Å². The van der Waals surface area contributed by atoms with Crippen LogP contribution in [0.25, 0.3) is 0 Å². The number of hydrogen-bond acceptors (Lipinski definition) is 3. The topological polar surface area (TPSA) is 41.3 Å². The minimum atomic E-state index is -0.256. The van der Waals surface area contributed by atoms with E-state index in [0.29, 0.717) is 6.54 Å². The van der Waals surface area contributed by atoms with E-state index in [-0.39, 0.29) is 11.9 Å². The number of nitrogens with zero attached hydrogens (tertiary/aromatic N) is 1. The van der Waals surface area contributed by atoms with Crippen LogP contribution in [0.4, 0.5) is 15.8 Å². The van der Waals surface area contributed by atoms with E-state index in [9.17, 15) is 4.39 Å². The average Bonchev–Trinajstić information content (AvgIpc) is 2.45. The van der Waals surface area contributed by atoms with Gasteiger partial charge in [-0.1, -0.05) is 18.2 Å². The summed E-state index contributed by atoms with van der Waals surface area (Å²) < 4.78 is 13.2. The highest BCUT2D eigenvalue weighted by Gasteiger charge is 2.10. The maximum absolute atomic E-state index is 13.2. The molecule has 0 bridgehead atoms. The standard InChI is InChI=1S/C16H20FN3/c1-20(2)15-8-6-12(7-9-15)16(11-18)19-14-5-3-4-13(17)10-14/h3-10,16,19H,11,18H2,1-2H3. The molecular formula is C16H20FN3. The Morgan fingerprint density at radius 2 is 1.85 bits per heavy atom. The van der Waals surface area contributed by atoms with E-state index in [1.54, 1.807) is 6.07 Å². The van der Waals surface area contributed by atoms with Gasteiger partial charge in [0.05, 0.1) is 6.04 Å². The summed E-state index contributed by atoms with van der Waals surface area (Å²) in [6.07, 6.45) is 0. The molecule has 20 heavy (non-hydrogen) atoms. The number of nitrogens with one attached hydrogen (secondary N) is 1. The summed E-state index contributed by atoms with van der Waals surface area (Å²) in [4.78, 5) is 2.04. The lowest BCUT2D eigenvalue weighted by atomic mass is 10.1. The van der Waals surface area contributed by atoms with Crippen molar-refractivity contribution in [3.63, 3.8) is 0 Å². The largest absolute Gasteiger partial charge is 0.378 e. The molecule has 2 aromatic rings. The zero-order valence-corrected chi connectivity index (χ0v) is 11.8. The first-order valence-electron chi connectivity index (χ1n) is 6.59. The van der Waals surface area contributed by atoms with Crippen LogP contribution in [0, 0.1) is 5.82 Å². The molecule has 0 radical (unpaired) electrons. The molecule has 2 aromatic carbocycles. The highest BCUT2D eigenvalue weighted by atomic mass is 19.1. The van der Waals surface area contributed by atoms with E-state index < -0.39 is 0 Å². The molecule has 0 aliphatic rings. The Morgan fingerprint density at radius 3 is 2.40 bits per heavy atom. The maximum Gasteiger partial charge on any atom is 0.125 e. The Morgan fingerprint density at radius 1 is 1.15 bits per heavy atom. The van der Waals surface area contributed by atoms with E-state index in [2.05, 4.69) is 5.32 Å².